The highest BCUT2D eigenvalue weighted by molar-refractivity contribution is 7.91. The number of benzene rings is 1. The van der Waals surface area contributed by atoms with Crippen LogP contribution in [0.4, 0.5) is 14.9 Å². The summed E-state index contributed by atoms with van der Waals surface area (Å²) in [5.41, 5.74) is -0.452. The molecule has 1 unspecified atom stereocenters. The summed E-state index contributed by atoms with van der Waals surface area (Å²) in [5, 5.41) is 13.7. The molecule has 0 aromatic heterocycles. The van der Waals surface area contributed by atoms with Crippen LogP contribution in [0.2, 0.25) is 0 Å². The zero-order valence-electron chi connectivity index (χ0n) is 10.8. The van der Waals surface area contributed by atoms with Crippen molar-refractivity contribution in [2.24, 2.45) is 0 Å². The average molecular weight is 316 g/mol. The molecule has 2 amide bonds. The largest absolute Gasteiger partial charge is 0.478 e. The van der Waals surface area contributed by atoms with Crippen LogP contribution in [0, 0.1) is 5.82 Å². The lowest BCUT2D eigenvalue weighted by Crippen LogP contribution is -2.38. The molecule has 1 saturated heterocycles. The summed E-state index contributed by atoms with van der Waals surface area (Å²) in [5.74, 6) is -2.25. The van der Waals surface area contributed by atoms with Crippen LogP contribution >= 0.6 is 0 Å². The van der Waals surface area contributed by atoms with Gasteiger partial charge in [-0.3, -0.25) is 0 Å². The van der Waals surface area contributed by atoms with Crippen LogP contribution in [-0.4, -0.2) is 43.1 Å². The van der Waals surface area contributed by atoms with Crippen LogP contribution < -0.4 is 10.6 Å². The van der Waals surface area contributed by atoms with Gasteiger partial charge in [0, 0.05) is 6.04 Å². The summed E-state index contributed by atoms with van der Waals surface area (Å²) in [6.45, 7) is 0. The molecule has 0 spiro atoms. The second-order valence-corrected chi connectivity index (χ2v) is 6.92. The van der Waals surface area contributed by atoms with E-state index in [-0.39, 0.29) is 22.8 Å². The third-order valence-corrected chi connectivity index (χ3v) is 4.80. The first-order chi connectivity index (χ1) is 9.77. The minimum Gasteiger partial charge on any atom is -0.478 e. The number of carboxylic acid groups (broad SMARTS) is 1. The lowest BCUT2D eigenvalue weighted by Gasteiger charge is -2.13. The molecule has 2 rings (SSSR count). The molecule has 1 atom stereocenters. The molecule has 3 N–H and O–H groups in total. The number of carboxylic acids is 1. The number of amides is 2. The summed E-state index contributed by atoms with van der Waals surface area (Å²) in [6.07, 6.45) is 0.310. The summed E-state index contributed by atoms with van der Waals surface area (Å²) >= 11 is 0. The third-order valence-electron chi connectivity index (χ3n) is 3.03. The molecular weight excluding hydrogens is 303 g/mol. The number of hydrogen-bond acceptors (Lipinski definition) is 4. The standard InChI is InChI=1S/C12H13FN2O5S/c13-7-1-2-10(9(5-7)11(16)17)15-12(18)14-8-3-4-21(19,20)6-8/h1-2,5,8H,3-4,6H2,(H,16,17)(H2,14,15,18). The van der Waals surface area contributed by atoms with Gasteiger partial charge in [0.25, 0.3) is 0 Å². The highest BCUT2D eigenvalue weighted by atomic mass is 32.2. The molecule has 1 aromatic carbocycles. The molecule has 1 fully saturated rings. The van der Waals surface area contributed by atoms with Crippen LogP contribution in [-0.2, 0) is 9.84 Å². The predicted octanol–water partition coefficient (Wildman–Crippen LogP) is 0.833. The average Bonchev–Trinajstić information content (AvgIpc) is 2.70. The van der Waals surface area contributed by atoms with Crippen molar-refractivity contribution in [1.29, 1.82) is 0 Å². The molecule has 21 heavy (non-hydrogen) atoms. The first-order valence-electron chi connectivity index (χ1n) is 6.07. The van der Waals surface area contributed by atoms with Crippen molar-refractivity contribution in [2.45, 2.75) is 12.5 Å². The number of halogens is 1. The molecular formula is C12H13FN2O5S. The normalized spacial score (nSPS) is 20.0. The SMILES string of the molecule is O=C(Nc1ccc(F)cc1C(=O)O)NC1CCS(=O)(=O)C1. The van der Waals surface area contributed by atoms with E-state index in [4.69, 9.17) is 5.11 Å². The van der Waals surface area contributed by atoms with E-state index in [1.54, 1.807) is 0 Å². The van der Waals surface area contributed by atoms with E-state index in [0.29, 0.717) is 6.42 Å². The molecule has 0 bridgehead atoms. The molecule has 0 saturated carbocycles. The van der Waals surface area contributed by atoms with Gasteiger partial charge in [0.2, 0.25) is 0 Å². The van der Waals surface area contributed by atoms with Crippen LogP contribution in [0.1, 0.15) is 16.8 Å². The van der Waals surface area contributed by atoms with Gasteiger partial charge in [0.15, 0.2) is 9.84 Å². The van der Waals surface area contributed by atoms with E-state index in [1.807, 2.05) is 0 Å². The lowest BCUT2D eigenvalue weighted by molar-refractivity contribution is 0.0697. The Morgan fingerprint density at radius 3 is 2.62 bits per heavy atom. The molecule has 1 heterocycles. The fourth-order valence-electron chi connectivity index (χ4n) is 2.06. The zero-order valence-corrected chi connectivity index (χ0v) is 11.6. The van der Waals surface area contributed by atoms with Gasteiger partial charge in [-0.15, -0.1) is 0 Å². The van der Waals surface area contributed by atoms with E-state index >= 15 is 0 Å². The smallest absolute Gasteiger partial charge is 0.337 e. The Hall–Kier alpha value is -2.16. The molecule has 1 aliphatic rings. The van der Waals surface area contributed by atoms with E-state index in [1.165, 1.54) is 0 Å². The van der Waals surface area contributed by atoms with E-state index in [0.717, 1.165) is 18.2 Å². The Morgan fingerprint density at radius 2 is 2.05 bits per heavy atom. The van der Waals surface area contributed by atoms with Crippen molar-refractivity contribution in [1.82, 2.24) is 5.32 Å². The number of aromatic carboxylic acids is 1. The first-order valence-corrected chi connectivity index (χ1v) is 7.90. The summed E-state index contributed by atoms with van der Waals surface area (Å²) in [4.78, 5) is 22.7. The number of nitrogens with one attached hydrogen (secondary N) is 2. The second-order valence-electron chi connectivity index (χ2n) is 4.69. The molecule has 9 heteroatoms. The summed E-state index contributed by atoms with van der Waals surface area (Å²) < 4.78 is 35.5. The number of sulfone groups is 1. The maximum absolute atomic E-state index is 13.0. The molecule has 1 aliphatic heterocycles. The Bertz CT molecular complexity index is 689. The number of rotatable bonds is 3. The van der Waals surface area contributed by atoms with Crippen LogP contribution in [0.5, 0.6) is 0 Å². The van der Waals surface area contributed by atoms with Crippen molar-refractivity contribution in [3.05, 3.63) is 29.6 Å². The Kier molecular flexibility index (Phi) is 4.12. The van der Waals surface area contributed by atoms with Crippen LogP contribution in [0.25, 0.3) is 0 Å². The maximum Gasteiger partial charge on any atom is 0.337 e. The third kappa shape index (κ3) is 3.91. The number of carbonyl (C=O) groups excluding carboxylic acids is 1. The van der Waals surface area contributed by atoms with Gasteiger partial charge in [-0.2, -0.15) is 0 Å². The molecule has 1 aromatic rings. The van der Waals surface area contributed by atoms with Gasteiger partial charge < -0.3 is 15.7 Å². The minimum atomic E-state index is -3.13. The van der Waals surface area contributed by atoms with Crippen molar-refractivity contribution >= 4 is 27.5 Å². The minimum absolute atomic E-state index is 0.00880. The maximum atomic E-state index is 13.0. The lowest BCUT2D eigenvalue weighted by atomic mass is 10.1. The fourth-order valence-corrected chi connectivity index (χ4v) is 3.73. The van der Waals surface area contributed by atoms with Crippen LogP contribution in [0.3, 0.4) is 0 Å². The monoisotopic (exact) mass is 316 g/mol. The van der Waals surface area contributed by atoms with Gasteiger partial charge in [-0.25, -0.2) is 22.4 Å². The first kappa shape index (κ1) is 15.2. The molecule has 0 radical (unpaired) electrons. The van der Waals surface area contributed by atoms with Gasteiger partial charge >= 0.3 is 12.0 Å². The highest BCUT2D eigenvalue weighted by Gasteiger charge is 2.29. The Labute approximate surface area is 120 Å². The van der Waals surface area contributed by atoms with Gasteiger partial charge in [-0.1, -0.05) is 0 Å². The molecule has 7 nitrogen and oxygen atoms in total. The van der Waals surface area contributed by atoms with Gasteiger partial charge in [0.1, 0.15) is 5.82 Å². The predicted molar refractivity (Wildman–Crippen MR) is 72.6 cm³/mol. The molecule has 0 aliphatic carbocycles. The zero-order chi connectivity index (χ0) is 15.6. The van der Waals surface area contributed by atoms with Gasteiger partial charge in [0.05, 0.1) is 22.8 Å². The second kappa shape index (κ2) is 5.68. The topological polar surface area (TPSA) is 113 Å². The Morgan fingerprint density at radius 1 is 1.33 bits per heavy atom. The van der Waals surface area contributed by atoms with Crippen molar-refractivity contribution < 1.29 is 27.5 Å². The van der Waals surface area contributed by atoms with Crippen molar-refractivity contribution in [3.8, 4) is 0 Å². The van der Waals surface area contributed by atoms with Crippen LogP contribution in [0.15, 0.2) is 18.2 Å². The van der Waals surface area contributed by atoms with Gasteiger partial charge in [-0.05, 0) is 24.6 Å². The number of carbonyl (C=O) groups is 2. The van der Waals surface area contributed by atoms with E-state index < -0.39 is 33.7 Å². The quantitative estimate of drug-likeness (QED) is 0.764. The fraction of sp³-hybridized carbons (Fsp3) is 0.333. The van der Waals surface area contributed by atoms with E-state index in [9.17, 15) is 22.4 Å². The van der Waals surface area contributed by atoms with Crippen molar-refractivity contribution in [2.75, 3.05) is 16.8 Å². The number of urea groups is 1. The van der Waals surface area contributed by atoms with E-state index in [2.05, 4.69) is 10.6 Å². The summed E-state index contributed by atoms with van der Waals surface area (Å²) in [7, 11) is -3.13. The number of hydrogen-bond donors (Lipinski definition) is 3. The summed E-state index contributed by atoms with van der Waals surface area (Å²) in [6, 6.07) is 1.69. The number of anilines is 1. The van der Waals surface area contributed by atoms with Crippen molar-refractivity contribution in [3.63, 3.8) is 0 Å². The highest BCUT2D eigenvalue weighted by Crippen LogP contribution is 2.17. The molecule has 114 valence electrons. The Balaban J connectivity index is 2.05.